The number of H-pyrrole nitrogens is 1. The van der Waals surface area contributed by atoms with Crippen LogP contribution in [0, 0.1) is 11.3 Å². The lowest BCUT2D eigenvalue weighted by molar-refractivity contribution is 0.224. The van der Waals surface area contributed by atoms with Gasteiger partial charge in [-0.2, -0.15) is 5.26 Å². The van der Waals surface area contributed by atoms with Crippen molar-refractivity contribution >= 4 is 16.6 Å². The van der Waals surface area contributed by atoms with E-state index in [4.69, 9.17) is 8.83 Å². The second-order valence-electron chi connectivity index (χ2n) is 6.72. The van der Waals surface area contributed by atoms with Crippen LogP contribution in [0.15, 0.2) is 57.3 Å². The Morgan fingerprint density at radius 2 is 2.10 bits per heavy atom. The third kappa shape index (κ3) is 4.09. The van der Waals surface area contributed by atoms with E-state index in [0.717, 1.165) is 17.5 Å². The number of allylic oxidation sites excluding steroid dienone is 1. The predicted octanol–water partition coefficient (Wildman–Crippen LogP) is 3.91. The normalized spacial score (nSPS) is 12.3. The number of aromatic amines is 1. The van der Waals surface area contributed by atoms with Crippen molar-refractivity contribution in [2.75, 3.05) is 13.1 Å². The summed E-state index contributed by atoms with van der Waals surface area (Å²) in [6.07, 6.45) is 2.38. The minimum Gasteiger partial charge on any atom is -0.509 e. The fraction of sp³-hybridized carbons (Fsp3) is 0.238. The maximum absolute atomic E-state index is 10.7. The Balaban J connectivity index is 1.54. The lowest BCUT2D eigenvalue weighted by Crippen LogP contribution is -2.27. The van der Waals surface area contributed by atoms with Gasteiger partial charge in [0.2, 0.25) is 5.89 Å². The van der Waals surface area contributed by atoms with Gasteiger partial charge in [0.05, 0.1) is 30.4 Å². The molecule has 152 valence electrons. The number of furan rings is 1. The highest BCUT2D eigenvalue weighted by molar-refractivity contribution is 5.82. The molecule has 0 saturated heterocycles. The maximum Gasteiger partial charge on any atom is 0.283 e. The number of nitriles is 1. The van der Waals surface area contributed by atoms with Crippen molar-refractivity contribution in [2.24, 2.45) is 0 Å². The van der Waals surface area contributed by atoms with Gasteiger partial charge in [-0.15, -0.1) is 10.2 Å². The molecule has 0 amide bonds. The van der Waals surface area contributed by atoms with Crippen molar-refractivity contribution in [1.29, 1.82) is 5.26 Å². The molecule has 1 aromatic carbocycles. The van der Waals surface area contributed by atoms with Gasteiger partial charge in [-0.3, -0.25) is 4.90 Å². The standard InChI is InChI=1S/C21H20N6O3/c1-2-9-27(13-19-25-26-21(30-19)18-8-5-10-29-18)12-17(28)14(11-22)20-23-15-6-3-4-7-16(15)24-20/h3-8,10,28H,2,9,12-13H2,1H3,(H,23,24)/b17-14-. The summed E-state index contributed by atoms with van der Waals surface area (Å²) in [4.78, 5) is 9.41. The highest BCUT2D eigenvalue weighted by Gasteiger charge is 2.18. The van der Waals surface area contributed by atoms with Crippen LogP contribution in [0.5, 0.6) is 0 Å². The molecule has 0 bridgehead atoms. The number of benzene rings is 1. The summed E-state index contributed by atoms with van der Waals surface area (Å²) in [5, 5.41) is 28.4. The fourth-order valence-electron chi connectivity index (χ4n) is 3.16. The number of imidazole rings is 1. The molecule has 0 saturated carbocycles. The number of aromatic nitrogens is 4. The molecule has 0 spiro atoms. The summed E-state index contributed by atoms with van der Waals surface area (Å²) in [7, 11) is 0. The van der Waals surface area contributed by atoms with E-state index < -0.39 is 0 Å². The molecule has 0 unspecified atom stereocenters. The Labute approximate surface area is 172 Å². The minimum atomic E-state index is -0.0734. The monoisotopic (exact) mass is 404 g/mol. The van der Waals surface area contributed by atoms with Crippen molar-refractivity contribution < 1.29 is 13.9 Å². The number of aliphatic hydroxyl groups is 1. The van der Waals surface area contributed by atoms with E-state index in [1.165, 1.54) is 6.26 Å². The molecule has 4 aromatic rings. The van der Waals surface area contributed by atoms with E-state index in [-0.39, 0.29) is 17.9 Å². The zero-order valence-electron chi connectivity index (χ0n) is 16.4. The molecule has 4 rings (SSSR count). The van der Waals surface area contributed by atoms with Crippen molar-refractivity contribution in [3.05, 3.63) is 60.1 Å². The molecular weight excluding hydrogens is 384 g/mol. The van der Waals surface area contributed by atoms with E-state index in [2.05, 4.69) is 26.2 Å². The average molecular weight is 404 g/mol. The minimum absolute atomic E-state index is 0.0734. The van der Waals surface area contributed by atoms with E-state index in [0.29, 0.717) is 36.5 Å². The molecule has 9 nitrogen and oxygen atoms in total. The summed E-state index contributed by atoms with van der Waals surface area (Å²) in [5.41, 5.74) is 1.64. The van der Waals surface area contributed by atoms with E-state index in [9.17, 15) is 10.4 Å². The topological polar surface area (TPSA) is 128 Å². The Kier molecular flexibility index (Phi) is 5.59. The predicted molar refractivity (Wildman–Crippen MR) is 109 cm³/mol. The molecule has 0 atom stereocenters. The summed E-state index contributed by atoms with van der Waals surface area (Å²) in [6.45, 7) is 3.17. The Morgan fingerprint density at radius 1 is 1.23 bits per heavy atom. The number of para-hydroxylation sites is 2. The zero-order valence-corrected chi connectivity index (χ0v) is 16.4. The number of aliphatic hydroxyl groups excluding tert-OH is 1. The van der Waals surface area contributed by atoms with Gasteiger partial charge >= 0.3 is 0 Å². The van der Waals surface area contributed by atoms with Gasteiger partial charge in [-0.25, -0.2) is 4.98 Å². The van der Waals surface area contributed by atoms with Crippen LogP contribution in [0.3, 0.4) is 0 Å². The highest BCUT2D eigenvalue weighted by Crippen LogP contribution is 2.21. The van der Waals surface area contributed by atoms with Gasteiger partial charge in [0.25, 0.3) is 5.89 Å². The zero-order chi connectivity index (χ0) is 20.9. The fourth-order valence-corrected chi connectivity index (χ4v) is 3.16. The molecule has 0 aliphatic carbocycles. The van der Waals surface area contributed by atoms with Crippen LogP contribution in [0.1, 0.15) is 25.1 Å². The third-order valence-electron chi connectivity index (χ3n) is 4.50. The summed E-state index contributed by atoms with van der Waals surface area (Å²) < 4.78 is 10.9. The van der Waals surface area contributed by atoms with Crippen LogP contribution in [-0.4, -0.2) is 43.3 Å². The molecule has 30 heavy (non-hydrogen) atoms. The average Bonchev–Trinajstić information content (AvgIpc) is 3.49. The van der Waals surface area contributed by atoms with Crippen LogP contribution in [0.4, 0.5) is 0 Å². The quantitative estimate of drug-likeness (QED) is 0.334. The SMILES string of the molecule is CCCN(C/C(O)=C(\C#N)c1nc2ccccc2[nH]1)Cc1nnc(-c2ccco2)o1. The second kappa shape index (κ2) is 8.63. The summed E-state index contributed by atoms with van der Waals surface area (Å²) >= 11 is 0. The Bertz CT molecular complexity index is 1170. The van der Waals surface area contributed by atoms with Gasteiger partial charge in [0, 0.05) is 0 Å². The lowest BCUT2D eigenvalue weighted by Gasteiger charge is -2.19. The molecule has 0 aliphatic rings. The third-order valence-corrected chi connectivity index (χ3v) is 4.50. The highest BCUT2D eigenvalue weighted by atomic mass is 16.4. The molecular formula is C21H20N6O3. The van der Waals surface area contributed by atoms with E-state index >= 15 is 0 Å². The number of hydrogen-bond acceptors (Lipinski definition) is 8. The number of rotatable bonds is 8. The summed E-state index contributed by atoms with van der Waals surface area (Å²) in [6, 6.07) is 13.0. The van der Waals surface area contributed by atoms with Crippen LogP contribution in [0.2, 0.25) is 0 Å². The molecule has 3 heterocycles. The van der Waals surface area contributed by atoms with Crippen LogP contribution in [0.25, 0.3) is 28.3 Å². The largest absolute Gasteiger partial charge is 0.509 e. The van der Waals surface area contributed by atoms with Crippen molar-refractivity contribution in [2.45, 2.75) is 19.9 Å². The second-order valence-corrected chi connectivity index (χ2v) is 6.72. The van der Waals surface area contributed by atoms with Crippen LogP contribution >= 0.6 is 0 Å². The Hall–Kier alpha value is -3.90. The summed E-state index contributed by atoms with van der Waals surface area (Å²) in [5.74, 6) is 1.45. The van der Waals surface area contributed by atoms with E-state index in [1.807, 2.05) is 36.1 Å². The van der Waals surface area contributed by atoms with Gasteiger partial charge < -0.3 is 18.9 Å². The number of nitrogens with one attached hydrogen (secondary N) is 1. The van der Waals surface area contributed by atoms with Crippen LogP contribution in [-0.2, 0) is 6.54 Å². The molecule has 3 aromatic heterocycles. The van der Waals surface area contributed by atoms with Crippen molar-refractivity contribution in [3.63, 3.8) is 0 Å². The van der Waals surface area contributed by atoms with Gasteiger partial charge in [0.1, 0.15) is 17.4 Å². The van der Waals surface area contributed by atoms with Gasteiger partial charge in [-0.1, -0.05) is 19.1 Å². The molecule has 0 aliphatic heterocycles. The number of hydrogen-bond donors (Lipinski definition) is 2. The molecule has 0 fully saturated rings. The maximum atomic E-state index is 10.7. The first kappa shape index (κ1) is 19.4. The van der Waals surface area contributed by atoms with Gasteiger partial charge in [0.15, 0.2) is 11.6 Å². The van der Waals surface area contributed by atoms with Crippen molar-refractivity contribution in [1.82, 2.24) is 25.1 Å². The molecule has 9 heteroatoms. The van der Waals surface area contributed by atoms with Crippen LogP contribution < -0.4 is 0 Å². The van der Waals surface area contributed by atoms with Gasteiger partial charge in [-0.05, 0) is 37.2 Å². The molecule has 0 radical (unpaired) electrons. The smallest absolute Gasteiger partial charge is 0.283 e. The first-order valence-electron chi connectivity index (χ1n) is 9.54. The first-order chi connectivity index (χ1) is 14.7. The molecule has 2 N–H and O–H groups in total. The first-order valence-corrected chi connectivity index (χ1v) is 9.54. The van der Waals surface area contributed by atoms with E-state index in [1.54, 1.807) is 12.1 Å². The Morgan fingerprint density at radius 3 is 2.83 bits per heavy atom. The number of fused-ring (bicyclic) bond motifs is 1. The lowest BCUT2D eigenvalue weighted by atomic mass is 10.2. The number of nitrogens with zero attached hydrogens (tertiary/aromatic N) is 5. The van der Waals surface area contributed by atoms with Crippen molar-refractivity contribution in [3.8, 4) is 17.7 Å².